The average Bonchev–Trinajstić information content (AvgIpc) is 3.18. The van der Waals surface area contributed by atoms with E-state index in [4.69, 9.17) is 0 Å². The Morgan fingerprint density at radius 3 is 2.80 bits per heavy atom. The van der Waals surface area contributed by atoms with Crippen molar-refractivity contribution in [1.29, 1.82) is 0 Å². The van der Waals surface area contributed by atoms with Crippen molar-refractivity contribution in [2.75, 3.05) is 0 Å². The fourth-order valence-electron chi connectivity index (χ4n) is 2.11. The number of nitrogens with one attached hydrogen (secondary N) is 1. The number of phenolic OH excluding ortho intramolecular Hbond substituents is 1. The Balaban J connectivity index is 1.87. The van der Waals surface area contributed by atoms with E-state index in [1.165, 1.54) is 0 Å². The van der Waals surface area contributed by atoms with Crippen LogP contribution in [-0.2, 0) is 16.6 Å². The molecule has 0 saturated heterocycles. The van der Waals surface area contributed by atoms with Gasteiger partial charge in [0.2, 0.25) is 10.0 Å². The fraction of sp³-hybridized carbons (Fsp3) is 0.357. The SMILES string of the molecule is CC1(S(=O)(=O)NCc2ccc3cccnc3c2O)CC1. The number of aromatic hydroxyl groups is 1. The lowest BCUT2D eigenvalue weighted by Gasteiger charge is -2.13. The summed E-state index contributed by atoms with van der Waals surface area (Å²) < 4.78 is 26.0. The van der Waals surface area contributed by atoms with E-state index in [0.29, 0.717) is 23.9 Å². The second-order valence-corrected chi connectivity index (χ2v) is 7.70. The molecule has 106 valence electrons. The minimum Gasteiger partial charge on any atom is -0.505 e. The van der Waals surface area contributed by atoms with Crippen LogP contribution in [0, 0.1) is 0 Å². The molecule has 0 atom stereocenters. The van der Waals surface area contributed by atoms with E-state index in [-0.39, 0.29) is 12.3 Å². The molecule has 2 N–H and O–H groups in total. The van der Waals surface area contributed by atoms with E-state index in [9.17, 15) is 13.5 Å². The van der Waals surface area contributed by atoms with Gasteiger partial charge in [-0.2, -0.15) is 0 Å². The molecule has 0 unspecified atom stereocenters. The van der Waals surface area contributed by atoms with Crippen molar-refractivity contribution in [2.24, 2.45) is 0 Å². The maximum Gasteiger partial charge on any atom is 0.217 e. The molecule has 1 aliphatic rings. The number of hydrogen-bond acceptors (Lipinski definition) is 4. The zero-order valence-electron chi connectivity index (χ0n) is 11.1. The van der Waals surface area contributed by atoms with Gasteiger partial charge in [-0.25, -0.2) is 13.1 Å². The average molecular weight is 292 g/mol. The Labute approximate surface area is 117 Å². The molecule has 0 aliphatic heterocycles. The number of rotatable bonds is 4. The quantitative estimate of drug-likeness (QED) is 0.902. The van der Waals surface area contributed by atoms with Crippen LogP contribution in [0.3, 0.4) is 0 Å². The van der Waals surface area contributed by atoms with Crippen molar-refractivity contribution in [3.8, 4) is 5.75 Å². The number of benzene rings is 1. The first-order chi connectivity index (χ1) is 9.43. The Kier molecular flexibility index (Phi) is 2.95. The van der Waals surface area contributed by atoms with Crippen LogP contribution in [-0.4, -0.2) is 23.3 Å². The monoisotopic (exact) mass is 292 g/mol. The number of hydrogen-bond donors (Lipinski definition) is 2. The second kappa shape index (κ2) is 4.43. The Morgan fingerprint density at radius 1 is 1.35 bits per heavy atom. The van der Waals surface area contributed by atoms with Gasteiger partial charge in [0.15, 0.2) is 0 Å². The first-order valence-electron chi connectivity index (χ1n) is 6.48. The van der Waals surface area contributed by atoms with Gasteiger partial charge >= 0.3 is 0 Å². The molecule has 3 rings (SSSR count). The number of nitrogens with zero attached hydrogens (tertiary/aromatic N) is 1. The third-order valence-corrected chi connectivity index (χ3v) is 6.12. The molecule has 0 radical (unpaired) electrons. The summed E-state index contributed by atoms with van der Waals surface area (Å²) in [5, 5.41) is 11.0. The predicted molar refractivity (Wildman–Crippen MR) is 76.8 cm³/mol. The van der Waals surface area contributed by atoms with Crippen LogP contribution in [0.2, 0.25) is 0 Å². The van der Waals surface area contributed by atoms with Gasteiger partial charge in [-0.15, -0.1) is 0 Å². The summed E-state index contributed by atoms with van der Waals surface area (Å²) in [4.78, 5) is 4.12. The highest BCUT2D eigenvalue weighted by Crippen LogP contribution is 2.42. The second-order valence-electron chi connectivity index (χ2n) is 5.42. The van der Waals surface area contributed by atoms with E-state index < -0.39 is 14.8 Å². The summed E-state index contributed by atoms with van der Waals surface area (Å²) in [6.07, 6.45) is 2.97. The van der Waals surface area contributed by atoms with Crippen LogP contribution < -0.4 is 4.72 Å². The normalized spacial score (nSPS) is 17.2. The molecule has 1 heterocycles. The van der Waals surface area contributed by atoms with Gasteiger partial charge in [0.05, 0.1) is 4.75 Å². The topological polar surface area (TPSA) is 79.3 Å². The standard InChI is InChI=1S/C14H16N2O3S/c1-14(6-7-14)20(18,19)16-9-11-5-4-10-3-2-8-15-12(10)13(11)17/h2-5,8,16-17H,6-7,9H2,1H3. The lowest BCUT2D eigenvalue weighted by molar-refractivity contribution is 0.472. The van der Waals surface area contributed by atoms with Crippen molar-refractivity contribution in [3.63, 3.8) is 0 Å². The molecular formula is C14H16N2O3S. The zero-order valence-corrected chi connectivity index (χ0v) is 11.9. The van der Waals surface area contributed by atoms with Gasteiger partial charge < -0.3 is 5.11 Å². The van der Waals surface area contributed by atoms with Crippen LogP contribution in [0.4, 0.5) is 0 Å². The summed E-state index contributed by atoms with van der Waals surface area (Å²) >= 11 is 0. The highest BCUT2D eigenvalue weighted by Gasteiger charge is 2.49. The third kappa shape index (κ3) is 2.14. The molecular weight excluding hydrogens is 276 g/mol. The van der Waals surface area contributed by atoms with Gasteiger partial charge in [-0.3, -0.25) is 4.98 Å². The lowest BCUT2D eigenvalue weighted by atomic mass is 10.1. The molecule has 6 heteroatoms. The van der Waals surface area contributed by atoms with Gasteiger partial charge in [0.25, 0.3) is 0 Å². The first-order valence-corrected chi connectivity index (χ1v) is 7.96. The minimum atomic E-state index is -3.34. The number of phenols is 1. The molecule has 2 aromatic rings. The molecule has 0 bridgehead atoms. The smallest absolute Gasteiger partial charge is 0.217 e. The summed E-state index contributed by atoms with van der Waals surface area (Å²) in [7, 11) is -3.34. The fourth-order valence-corrected chi connectivity index (χ4v) is 3.44. The molecule has 5 nitrogen and oxygen atoms in total. The maximum atomic E-state index is 12.1. The van der Waals surface area contributed by atoms with E-state index in [1.807, 2.05) is 12.1 Å². The molecule has 1 aromatic carbocycles. The highest BCUT2D eigenvalue weighted by atomic mass is 32.2. The summed E-state index contributed by atoms with van der Waals surface area (Å²) in [5.74, 6) is 0.0340. The molecule has 20 heavy (non-hydrogen) atoms. The van der Waals surface area contributed by atoms with E-state index >= 15 is 0 Å². The van der Waals surface area contributed by atoms with Gasteiger partial charge in [-0.05, 0) is 25.8 Å². The van der Waals surface area contributed by atoms with Crippen molar-refractivity contribution in [1.82, 2.24) is 9.71 Å². The van der Waals surface area contributed by atoms with Crippen molar-refractivity contribution in [3.05, 3.63) is 36.0 Å². The van der Waals surface area contributed by atoms with Crippen molar-refractivity contribution >= 4 is 20.9 Å². The molecule has 1 aliphatic carbocycles. The van der Waals surface area contributed by atoms with E-state index in [0.717, 1.165) is 5.39 Å². The summed E-state index contributed by atoms with van der Waals surface area (Å²) in [6, 6.07) is 7.18. The number of fused-ring (bicyclic) bond motifs is 1. The van der Waals surface area contributed by atoms with Gasteiger partial charge in [0, 0.05) is 23.7 Å². The van der Waals surface area contributed by atoms with Crippen LogP contribution >= 0.6 is 0 Å². The van der Waals surface area contributed by atoms with Crippen molar-refractivity contribution < 1.29 is 13.5 Å². The van der Waals surface area contributed by atoms with Gasteiger partial charge in [-0.1, -0.05) is 18.2 Å². The highest BCUT2D eigenvalue weighted by molar-refractivity contribution is 7.91. The lowest BCUT2D eigenvalue weighted by Crippen LogP contribution is -2.33. The summed E-state index contributed by atoms with van der Waals surface area (Å²) in [6.45, 7) is 1.81. The van der Waals surface area contributed by atoms with Crippen LogP contribution in [0.25, 0.3) is 10.9 Å². The Morgan fingerprint density at radius 2 is 2.10 bits per heavy atom. The van der Waals surface area contributed by atoms with Gasteiger partial charge in [0.1, 0.15) is 11.3 Å². The van der Waals surface area contributed by atoms with Crippen LogP contribution in [0.5, 0.6) is 5.75 Å². The third-order valence-electron chi connectivity index (χ3n) is 3.89. The number of pyridine rings is 1. The zero-order chi connectivity index (χ0) is 14.4. The number of sulfonamides is 1. The minimum absolute atomic E-state index is 0.0340. The van der Waals surface area contributed by atoms with Crippen molar-refractivity contribution in [2.45, 2.75) is 31.1 Å². The molecule has 1 aromatic heterocycles. The molecule has 1 saturated carbocycles. The number of aromatic nitrogens is 1. The molecule has 0 spiro atoms. The largest absolute Gasteiger partial charge is 0.505 e. The first kappa shape index (κ1) is 13.3. The van der Waals surface area contributed by atoms with E-state index in [1.54, 1.807) is 25.3 Å². The Hall–Kier alpha value is -1.66. The van der Waals surface area contributed by atoms with E-state index in [2.05, 4.69) is 9.71 Å². The summed E-state index contributed by atoms with van der Waals surface area (Å²) in [5.41, 5.74) is 1.02. The van der Waals surface area contributed by atoms with Crippen LogP contribution in [0.15, 0.2) is 30.5 Å². The maximum absolute atomic E-state index is 12.1. The van der Waals surface area contributed by atoms with Crippen LogP contribution in [0.1, 0.15) is 25.3 Å². The predicted octanol–water partition coefficient (Wildman–Crippen LogP) is 1.91. The molecule has 1 fully saturated rings. The Bertz CT molecular complexity index is 767. The molecule has 0 amide bonds.